The summed E-state index contributed by atoms with van der Waals surface area (Å²) in [5, 5.41) is 23.2. The van der Waals surface area contributed by atoms with E-state index in [1.807, 2.05) is 20.8 Å². The van der Waals surface area contributed by atoms with Gasteiger partial charge in [0, 0.05) is 34.5 Å². The molecule has 2 aromatic carbocycles. The van der Waals surface area contributed by atoms with Crippen LogP contribution in [0.5, 0.6) is 5.88 Å². The van der Waals surface area contributed by atoms with Gasteiger partial charge in [-0.25, -0.2) is 9.78 Å². The minimum absolute atomic E-state index is 0.0783. The summed E-state index contributed by atoms with van der Waals surface area (Å²) in [5.74, 6) is -2.27. The Hall–Kier alpha value is -4.77. The maximum absolute atomic E-state index is 13.3. The number of carbonyl (C=O) groups excluding carboxylic acids is 2. The number of benzene rings is 2. The van der Waals surface area contributed by atoms with Crippen LogP contribution < -0.4 is 26.8 Å². The average Bonchev–Trinajstić information content (AvgIpc) is 2.91. The lowest BCUT2D eigenvalue weighted by Gasteiger charge is -2.31. The van der Waals surface area contributed by atoms with Gasteiger partial charge in [-0.3, -0.25) is 15.0 Å². The predicted molar refractivity (Wildman–Crippen MR) is 153 cm³/mol. The summed E-state index contributed by atoms with van der Waals surface area (Å²) in [7, 11) is 1.40. The van der Waals surface area contributed by atoms with Gasteiger partial charge in [-0.2, -0.15) is 0 Å². The van der Waals surface area contributed by atoms with Crippen molar-refractivity contribution in [3.05, 3.63) is 77.0 Å². The summed E-state index contributed by atoms with van der Waals surface area (Å²) in [4.78, 5) is 43.0. The molecule has 2 amide bonds. The van der Waals surface area contributed by atoms with Crippen LogP contribution in [0.3, 0.4) is 0 Å². The Kier molecular flexibility index (Phi) is 9.23. The van der Waals surface area contributed by atoms with E-state index in [1.54, 1.807) is 24.3 Å². The molecule has 3 rings (SSSR count). The lowest BCUT2D eigenvalue weighted by Crippen LogP contribution is -2.44. The van der Waals surface area contributed by atoms with Crippen LogP contribution in [0.4, 0.5) is 5.69 Å². The highest BCUT2D eigenvalue weighted by Gasteiger charge is 2.27. The number of nitrogens with one attached hydrogen (secondary N) is 3. The van der Waals surface area contributed by atoms with Crippen LogP contribution in [0.25, 0.3) is 11.1 Å². The standard InChI is InChI=1S/C29H34N6O5/c1-29(2,3)22(13-14-30)34-26(36)17-7-10-19(21(15-17)28(38)39)20-11-12-23(40-4)35-24(20)27(37)33-18-8-5-16(6-9-18)25(31)32/h5-12,15,22H,13-14,30H2,1-4H3,(H3,31,32)(H,33,37)(H,34,36)(H,38,39). The van der Waals surface area contributed by atoms with Crippen molar-refractivity contribution < 1.29 is 24.2 Å². The number of nitrogen functional groups attached to an aromatic ring is 1. The first-order valence-corrected chi connectivity index (χ1v) is 12.5. The second-order valence-corrected chi connectivity index (χ2v) is 10.2. The van der Waals surface area contributed by atoms with Gasteiger partial charge in [-0.1, -0.05) is 26.8 Å². The van der Waals surface area contributed by atoms with E-state index in [4.69, 9.17) is 21.6 Å². The monoisotopic (exact) mass is 546 g/mol. The number of anilines is 1. The normalized spacial score (nSPS) is 11.8. The molecule has 0 saturated heterocycles. The van der Waals surface area contributed by atoms with Gasteiger partial charge in [0.15, 0.2) is 0 Å². The van der Waals surface area contributed by atoms with Crippen molar-refractivity contribution in [3.63, 3.8) is 0 Å². The molecule has 11 nitrogen and oxygen atoms in total. The zero-order valence-corrected chi connectivity index (χ0v) is 22.9. The maximum Gasteiger partial charge on any atom is 0.336 e. The molecule has 0 aliphatic rings. The Morgan fingerprint density at radius 3 is 2.17 bits per heavy atom. The molecular formula is C29H34N6O5. The lowest BCUT2D eigenvalue weighted by atomic mass is 9.84. The first-order chi connectivity index (χ1) is 18.8. The number of pyridine rings is 1. The highest BCUT2D eigenvalue weighted by Crippen LogP contribution is 2.30. The van der Waals surface area contributed by atoms with E-state index in [0.29, 0.717) is 24.2 Å². The van der Waals surface area contributed by atoms with Crippen LogP contribution in [0.2, 0.25) is 0 Å². The molecule has 1 unspecified atom stereocenters. The van der Waals surface area contributed by atoms with Gasteiger partial charge in [0.1, 0.15) is 11.5 Å². The van der Waals surface area contributed by atoms with Crippen LogP contribution in [0.15, 0.2) is 54.6 Å². The number of hydrogen-bond donors (Lipinski definition) is 6. The number of hydrogen-bond acceptors (Lipinski definition) is 7. The molecule has 8 N–H and O–H groups in total. The second kappa shape index (κ2) is 12.4. The number of ether oxygens (including phenoxy) is 1. The molecule has 0 fully saturated rings. The molecule has 11 heteroatoms. The summed E-state index contributed by atoms with van der Waals surface area (Å²) in [6.45, 7) is 6.35. The summed E-state index contributed by atoms with van der Waals surface area (Å²) in [5.41, 5.74) is 12.2. The van der Waals surface area contributed by atoms with Gasteiger partial charge < -0.3 is 31.9 Å². The van der Waals surface area contributed by atoms with Crippen molar-refractivity contribution in [1.29, 1.82) is 5.41 Å². The smallest absolute Gasteiger partial charge is 0.336 e. The SMILES string of the molecule is COc1ccc(-c2ccc(C(=O)NC(CCN)C(C)(C)C)cc2C(=O)O)c(C(=O)Nc2ccc(C(=N)N)cc2)n1. The van der Waals surface area contributed by atoms with Crippen LogP contribution in [-0.2, 0) is 0 Å². The molecule has 0 radical (unpaired) electrons. The third-order valence-electron chi connectivity index (χ3n) is 6.36. The van der Waals surface area contributed by atoms with E-state index < -0.39 is 17.8 Å². The number of amidine groups is 1. The largest absolute Gasteiger partial charge is 0.481 e. The highest BCUT2D eigenvalue weighted by molar-refractivity contribution is 6.10. The van der Waals surface area contributed by atoms with Gasteiger partial charge >= 0.3 is 5.97 Å². The molecule has 0 aliphatic heterocycles. The number of carboxylic acid groups (broad SMARTS) is 1. The number of nitrogens with zero attached hydrogens (tertiary/aromatic N) is 1. The number of rotatable bonds is 10. The fourth-order valence-electron chi connectivity index (χ4n) is 4.10. The number of aromatic nitrogens is 1. The first kappa shape index (κ1) is 29.8. The number of methoxy groups -OCH3 is 1. The molecule has 0 spiro atoms. The third-order valence-corrected chi connectivity index (χ3v) is 6.36. The first-order valence-electron chi connectivity index (χ1n) is 12.5. The van der Waals surface area contributed by atoms with E-state index in [1.165, 1.54) is 37.4 Å². The molecule has 0 saturated carbocycles. The van der Waals surface area contributed by atoms with Gasteiger partial charge in [-0.05, 0) is 66.4 Å². The summed E-state index contributed by atoms with van der Waals surface area (Å²) in [6, 6.07) is 13.4. The molecule has 0 aliphatic carbocycles. The minimum Gasteiger partial charge on any atom is -0.481 e. The van der Waals surface area contributed by atoms with Crippen molar-refractivity contribution >= 4 is 29.3 Å². The average molecular weight is 547 g/mol. The van der Waals surface area contributed by atoms with Crippen LogP contribution in [0.1, 0.15) is 64.0 Å². The van der Waals surface area contributed by atoms with Gasteiger partial charge in [0.25, 0.3) is 11.8 Å². The molecule has 1 atom stereocenters. The van der Waals surface area contributed by atoms with Crippen LogP contribution in [-0.4, -0.2) is 53.4 Å². The highest BCUT2D eigenvalue weighted by atomic mass is 16.5. The fourth-order valence-corrected chi connectivity index (χ4v) is 4.10. The molecule has 3 aromatic rings. The summed E-state index contributed by atoms with van der Waals surface area (Å²) >= 11 is 0. The van der Waals surface area contributed by atoms with Gasteiger partial charge in [0.05, 0.1) is 12.7 Å². The Morgan fingerprint density at radius 2 is 1.62 bits per heavy atom. The Balaban J connectivity index is 2.01. The number of nitrogens with two attached hydrogens (primary N) is 2. The Bertz CT molecular complexity index is 1430. The maximum atomic E-state index is 13.3. The van der Waals surface area contributed by atoms with E-state index in [-0.39, 0.29) is 51.1 Å². The molecule has 40 heavy (non-hydrogen) atoms. The lowest BCUT2D eigenvalue weighted by molar-refractivity contribution is 0.0697. The van der Waals surface area contributed by atoms with Crippen molar-refractivity contribution in [2.75, 3.05) is 19.0 Å². The van der Waals surface area contributed by atoms with E-state index in [0.717, 1.165) is 0 Å². The van der Waals surface area contributed by atoms with E-state index >= 15 is 0 Å². The molecule has 210 valence electrons. The zero-order valence-electron chi connectivity index (χ0n) is 22.9. The van der Waals surface area contributed by atoms with E-state index in [9.17, 15) is 19.5 Å². The predicted octanol–water partition coefficient (Wildman–Crippen LogP) is 3.49. The van der Waals surface area contributed by atoms with Crippen molar-refractivity contribution in [3.8, 4) is 17.0 Å². The molecule has 1 heterocycles. The van der Waals surface area contributed by atoms with Crippen LogP contribution in [0, 0.1) is 10.8 Å². The Morgan fingerprint density at radius 1 is 1.00 bits per heavy atom. The second-order valence-electron chi connectivity index (χ2n) is 10.2. The quantitative estimate of drug-likeness (QED) is 0.164. The summed E-state index contributed by atoms with van der Waals surface area (Å²) < 4.78 is 5.19. The summed E-state index contributed by atoms with van der Waals surface area (Å²) in [6.07, 6.45) is 0.562. The molecular weight excluding hydrogens is 512 g/mol. The fraction of sp³-hybridized carbons (Fsp3) is 0.276. The number of aromatic carboxylic acids is 1. The van der Waals surface area contributed by atoms with Gasteiger partial charge in [-0.15, -0.1) is 0 Å². The Labute approximate surface area is 232 Å². The van der Waals surface area contributed by atoms with Crippen molar-refractivity contribution in [1.82, 2.24) is 10.3 Å². The van der Waals surface area contributed by atoms with Crippen molar-refractivity contribution in [2.24, 2.45) is 16.9 Å². The van der Waals surface area contributed by atoms with E-state index in [2.05, 4.69) is 15.6 Å². The topological polar surface area (TPSA) is 194 Å². The number of amides is 2. The van der Waals surface area contributed by atoms with Gasteiger partial charge in [0.2, 0.25) is 5.88 Å². The number of carboxylic acids is 1. The molecule has 0 bridgehead atoms. The van der Waals surface area contributed by atoms with Crippen LogP contribution >= 0.6 is 0 Å². The van der Waals surface area contributed by atoms with Crippen molar-refractivity contribution in [2.45, 2.75) is 33.2 Å². The molecule has 1 aromatic heterocycles. The number of carbonyl (C=O) groups is 3. The third kappa shape index (κ3) is 7.00. The minimum atomic E-state index is -1.28. The zero-order chi connectivity index (χ0) is 29.6.